The first-order chi connectivity index (χ1) is 21.2. The first kappa shape index (κ1) is 31.5. The zero-order valence-electron chi connectivity index (χ0n) is 26.9. The van der Waals surface area contributed by atoms with E-state index in [1.165, 1.54) is 43.7 Å². The maximum Gasteiger partial charge on any atom is 0.190 e. The number of fused-ring (bicyclic) bond motifs is 3. The fourth-order valence-corrected chi connectivity index (χ4v) is 9.95. The molecule has 2 N–H and O–H groups in total. The molecule has 3 fully saturated rings. The Balaban J connectivity index is 1.44. The average molecular weight is 613 g/mol. The molecule has 0 spiro atoms. The van der Waals surface area contributed by atoms with Gasteiger partial charge in [-0.05, 0) is 71.8 Å². The molecular weight excluding hydrogens is 568 g/mol. The van der Waals surface area contributed by atoms with Crippen LogP contribution in [-0.2, 0) is 32.0 Å². The van der Waals surface area contributed by atoms with Crippen molar-refractivity contribution in [1.82, 2.24) is 0 Å². The van der Waals surface area contributed by atoms with Crippen molar-refractivity contribution in [3.05, 3.63) is 53.1 Å². The largest absolute Gasteiger partial charge is 0.507 e. The van der Waals surface area contributed by atoms with Crippen LogP contribution in [-0.4, -0.2) is 44.7 Å². The van der Waals surface area contributed by atoms with Crippen molar-refractivity contribution >= 4 is 28.9 Å². The van der Waals surface area contributed by atoms with E-state index in [9.17, 15) is 34.2 Å². The van der Waals surface area contributed by atoms with Crippen LogP contribution in [0, 0.1) is 40.4 Å². The minimum atomic E-state index is -2.69. The standard InChI is InChI=1S/C38H44O7/c1-20(2)30-32(41)28(21(3)39)34(43)38(45)35(44)31-33(42)29-26(18-36(31,4)19-37(30,38)5)25(15-16-27(29)40)24-13-11-23(12-14-24)17-22-9-7-6-8-10-22/h11-16,20,22,28,30-31,40,45H,6-10,17-19H2,1-5H3/t28?,30?,31?,36-,37-,38+/m1/s1. The number of hydrogen-bond acceptors (Lipinski definition) is 7. The van der Waals surface area contributed by atoms with Gasteiger partial charge in [-0.25, -0.2) is 0 Å². The minimum absolute atomic E-state index is 0.0321. The van der Waals surface area contributed by atoms with Crippen LogP contribution in [0.4, 0.5) is 0 Å². The maximum absolute atomic E-state index is 14.5. The van der Waals surface area contributed by atoms with Gasteiger partial charge < -0.3 is 10.2 Å². The first-order valence-corrected chi connectivity index (χ1v) is 16.5. The van der Waals surface area contributed by atoms with Crippen molar-refractivity contribution in [3.63, 3.8) is 0 Å². The van der Waals surface area contributed by atoms with E-state index in [0.717, 1.165) is 24.5 Å². The normalized spacial score (nSPS) is 33.5. The third kappa shape index (κ3) is 4.51. The Bertz CT molecular complexity index is 1610. The highest BCUT2D eigenvalue weighted by molar-refractivity contribution is 6.32. The highest BCUT2D eigenvalue weighted by atomic mass is 16.3. The van der Waals surface area contributed by atoms with Crippen LogP contribution in [0.25, 0.3) is 11.1 Å². The second-order valence-corrected chi connectivity index (χ2v) is 15.2. The summed E-state index contributed by atoms with van der Waals surface area (Å²) < 4.78 is 0. The van der Waals surface area contributed by atoms with Crippen molar-refractivity contribution < 1.29 is 34.2 Å². The third-order valence-electron chi connectivity index (χ3n) is 11.8. The second kappa shape index (κ2) is 10.8. The molecule has 3 unspecified atom stereocenters. The van der Waals surface area contributed by atoms with Crippen LogP contribution < -0.4 is 0 Å². The Morgan fingerprint density at radius 1 is 0.933 bits per heavy atom. The van der Waals surface area contributed by atoms with Gasteiger partial charge >= 0.3 is 0 Å². The van der Waals surface area contributed by atoms with Gasteiger partial charge in [0.25, 0.3) is 0 Å². The van der Waals surface area contributed by atoms with Gasteiger partial charge in [0.15, 0.2) is 28.7 Å². The maximum atomic E-state index is 14.5. The van der Waals surface area contributed by atoms with E-state index in [0.29, 0.717) is 11.5 Å². The van der Waals surface area contributed by atoms with E-state index in [2.05, 4.69) is 12.1 Å². The summed E-state index contributed by atoms with van der Waals surface area (Å²) in [4.78, 5) is 68.9. The number of carbonyl (C=O) groups excluding carboxylic acids is 5. The fraction of sp³-hybridized carbons (Fsp3) is 0.553. The molecule has 0 aromatic heterocycles. The van der Waals surface area contributed by atoms with Crippen LogP contribution in [0.5, 0.6) is 5.75 Å². The summed E-state index contributed by atoms with van der Waals surface area (Å²) in [6.45, 7) is 8.10. The molecule has 6 rings (SSSR count). The van der Waals surface area contributed by atoms with Gasteiger partial charge in [-0.15, -0.1) is 0 Å². The molecule has 7 heteroatoms. The molecule has 0 aliphatic heterocycles. The van der Waals surface area contributed by atoms with Crippen molar-refractivity contribution in [2.45, 2.75) is 91.6 Å². The predicted molar refractivity (Wildman–Crippen MR) is 169 cm³/mol. The number of ketones is 5. The van der Waals surface area contributed by atoms with E-state index in [4.69, 9.17) is 0 Å². The van der Waals surface area contributed by atoms with E-state index in [1.807, 2.05) is 19.1 Å². The highest BCUT2D eigenvalue weighted by Gasteiger charge is 2.76. The summed E-state index contributed by atoms with van der Waals surface area (Å²) in [7, 11) is 0. The third-order valence-corrected chi connectivity index (χ3v) is 11.8. The Kier molecular flexibility index (Phi) is 7.58. The van der Waals surface area contributed by atoms with Crippen molar-refractivity contribution in [2.75, 3.05) is 0 Å². The van der Waals surface area contributed by atoms with Crippen LogP contribution in [0.1, 0.15) is 94.6 Å². The molecular formula is C38H44O7. The number of aromatic hydroxyl groups is 1. The molecule has 45 heavy (non-hydrogen) atoms. The van der Waals surface area contributed by atoms with Crippen molar-refractivity contribution in [3.8, 4) is 16.9 Å². The second-order valence-electron chi connectivity index (χ2n) is 15.2. The van der Waals surface area contributed by atoms with Crippen LogP contribution in [0.3, 0.4) is 0 Å². The highest BCUT2D eigenvalue weighted by Crippen LogP contribution is 2.64. The number of rotatable bonds is 5. The van der Waals surface area contributed by atoms with Gasteiger partial charge in [0.1, 0.15) is 17.5 Å². The zero-order chi connectivity index (χ0) is 32.6. The Morgan fingerprint density at radius 2 is 1.58 bits per heavy atom. The summed E-state index contributed by atoms with van der Waals surface area (Å²) in [5.41, 5.74) is -1.67. The molecule has 238 valence electrons. The lowest BCUT2D eigenvalue weighted by molar-refractivity contribution is -0.205. The summed E-state index contributed by atoms with van der Waals surface area (Å²) in [6.07, 6.45) is 7.70. The fourth-order valence-electron chi connectivity index (χ4n) is 9.95. The number of carbonyl (C=O) groups is 5. The molecule has 2 aromatic rings. The Hall–Kier alpha value is -3.45. The topological polar surface area (TPSA) is 126 Å². The number of Topliss-reactive ketones (excluding diaryl/α,β-unsaturated/α-hetero) is 5. The minimum Gasteiger partial charge on any atom is -0.507 e. The number of hydrogen-bond donors (Lipinski definition) is 2. The smallest absolute Gasteiger partial charge is 0.190 e. The van der Waals surface area contributed by atoms with Crippen molar-refractivity contribution in [1.29, 1.82) is 0 Å². The van der Waals surface area contributed by atoms with Gasteiger partial charge in [-0.2, -0.15) is 0 Å². The summed E-state index contributed by atoms with van der Waals surface area (Å²) >= 11 is 0. The Morgan fingerprint density at radius 3 is 2.18 bits per heavy atom. The monoisotopic (exact) mass is 612 g/mol. The molecule has 6 atom stereocenters. The average Bonchev–Trinajstić information content (AvgIpc) is 2.96. The number of benzene rings is 2. The molecule has 4 aliphatic carbocycles. The van der Waals surface area contributed by atoms with Crippen LogP contribution >= 0.6 is 0 Å². The zero-order valence-corrected chi connectivity index (χ0v) is 26.9. The van der Waals surface area contributed by atoms with E-state index in [-0.39, 0.29) is 30.1 Å². The molecule has 3 saturated carbocycles. The molecule has 0 saturated heterocycles. The summed E-state index contributed by atoms with van der Waals surface area (Å²) in [5, 5.41) is 23.2. The van der Waals surface area contributed by atoms with Gasteiger partial charge in [-0.3, -0.25) is 24.0 Å². The molecule has 4 aliphatic rings. The van der Waals surface area contributed by atoms with Gasteiger partial charge in [-0.1, -0.05) is 90.1 Å². The lowest BCUT2D eigenvalue weighted by Crippen LogP contribution is -2.76. The summed E-state index contributed by atoms with van der Waals surface area (Å²) in [6, 6.07) is 11.6. The van der Waals surface area contributed by atoms with Crippen LogP contribution in [0.2, 0.25) is 0 Å². The molecule has 0 amide bonds. The van der Waals surface area contributed by atoms with E-state index < -0.39 is 63.1 Å². The quantitative estimate of drug-likeness (QED) is 0.404. The number of aliphatic hydroxyl groups is 1. The summed E-state index contributed by atoms with van der Waals surface area (Å²) in [5.74, 6) is -8.09. The number of phenols is 1. The molecule has 0 heterocycles. The number of phenolic OH excluding ortho intramolecular Hbond substituents is 1. The molecule has 7 nitrogen and oxygen atoms in total. The SMILES string of the molecule is CC(=O)C1C(=O)C(C(C)C)[C@@]2(C)C[C@@]3(C)Cc4c(-c5ccc(CC6CCCCC6)cc5)ccc(O)c4C(=O)C3C(=O)[C@@]2(O)C1=O. The molecule has 0 bridgehead atoms. The molecule has 2 aromatic carbocycles. The van der Waals surface area contributed by atoms with Crippen molar-refractivity contribution in [2.24, 2.45) is 40.4 Å². The van der Waals surface area contributed by atoms with E-state index in [1.54, 1.807) is 26.8 Å². The van der Waals surface area contributed by atoms with Gasteiger partial charge in [0, 0.05) is 11.3 Å². The Labute approximate surface area is 264 Å². The predicted octanol–water partition coefficient (Wildman–Crippen LogP) is 5.88. The van der Waals surface area contributed by atoms with Gasteiger partial charge in [0.2, 0.25) is 0 Å². The molecule has 0 radical (unpaired) electrons. The lowest BCUT2D eigenvalue weighted by atomic mass is 9.40. The van der Waals surface area contributed by atoms with E-state index >= 15 is 0 Å². The van der Waals surface area contributed by atoms with Crippen LogP contribution in [0.15, 0.2) is 36.4 Å². The van der Waals surface area contributed by atoms with Gasteiger partial charge in [0.05, 0.1) is 11.5 Å². The lowest BCUT2D eigenvalue weighted by Gasteiger charge is -2.61. The first-order valence-electron chi connectivity index (χ1n) is 16.5.